The van der Waals surface area contributed by atoms with Crippen LogP contribution in [0.2, 0.25) is 0 Å². The Morgan fingerprint density at radius 3 is 1.75 bits per heavy atom. The van der Waals surface area contributed by atoms with E-state index in [2.05, 4.69) is 0 Å². The highest BCUT2D eigenvalue weighted by atomic mass is 16.4. The molecule has 7 nitrogen and oxygen atoms in total. The van der Waals surface area contributed by atoms with Crippen molar-refractivity contribution in [3.63, 3.8) is 0 Å². The molecule has 0 spiro atoms. The predicted molar refractivity (Wildman–Crippen MR) is 54.7 cm³/mol. The molecule has 1 amide bonds. The Kier molecular flexibility index (Phi) is 4.90. The number of carbonyl (C=O) groups excluding carboxylic acids is 1. The molecule has 0 aliphatic rings. The molecule has 0 heterocycles. The quantitative estimate of drug-likeness (QED) is 0.546. The van der Waals surface area contributed by atoms with Gasteiger partial charge in [0.1, 0.15) is 13.1 Å². The third-order valence-electron chi connectivity index (χ3n) is 1.61. The molecule has 0 bridgehead atoms. The molecule has 7 heteroatoms. The van der Waals surface area contributed by atoms with E-state index in [1.165, 1.54) is 0 Å². The number of hydrogen-bond donors (Lipinski definition) is 3. The Labute approximate surface area is 92.8 Å². The van der Waals surface area contributed by atoms with Gasteiger partial charge in [-0.05, 0) is 13.8 Å². The van der Waals surface area contributed by atoms with Crippen molar-refractivity contribution in [3.05, 3.63) is 0 Å². The largest absolute Gasteiger partial charge is 0.480 e. The monoisotopic (exact) mass is 232 g/mol. The van der Waals surface area contributed by atoms with Crippen LogP contribution in [-0.4, -0.2) is 51.6 Å². The van der Waals surface area contributed by atoms with Crippen molar-refractivity contribution in [2.24, 2.45) is 5.73 Å². The van der Waals surface area contributed by atoms with Gasteiger partial charge in [-0.25, -0.2) is 0 Å². The van der Waals surface area contributed by atoms with Crippen molar-refractivity contribution >= 4 is 17.8 Å². The van der Waals surface area contributed by atoms with E-state index in [-0.39, 0.29) is 6.42 Å². The number of amides is 1. The van der Waals surface area contributed by atoms with Gasteiger partial charge in [0.2, 0.25) is 5.91 Å². The first-order valence-corrected chi connectivity index (χ1v) is 4.62. The van der Waals surface area contributed by atoms with Gasteiger partial charge in [-0.2, -0.15) is 0 Å². The lowest BCUT2D eigenvalue weighted by Gasteiger charge is -2.24. The molecule has 0 fully saturated rings. The summed E-state index contributed by atoms with van der Waals surface area (Å²) in [6, 6.07) is 0. The molecule has 0 aliphatic carbocycles. The first-order valence-electron chi connectivity index (χ1n) is 4.62. The van der Waals surface area contributed by atoms with Crippen molar-refractivity contribution in [2.45, 2.75) is 25.8 Å². The summed E-state index contributed by atoms with van der Waals surface area (Å²) in [5.74, 6) is -3.11. The molecule has 0 aromatic rings. The maximum absolute atomic E-state index is 11.5. The summed E-state index contributed by atoms with van der Waals surface area (Å²) in [4.78, 5) is 33.2. The van der Waals surface area contributed by atoms with Crippen molar-refractivity contribution < 1.29 is 24.6 Å². The highest BCUT2D eigenvalue weighted by Crippen LogP contribution is 2.07. The number of carbonyl (C=O) groups is 3. The highest BCUT2D eigenvalue weighted by Gasteiger charge is 2.24. The third-order valence-corrected chi connectivity index (χ3v) is 1.61. The third kappa shape index (κ3) is 6.77. The van der Waals surface area contributed by atoms with Gasteiger partial charge in [0.25, 0.3) is 0 Å². The number of nitrogens with zero attached hydrogens (tertiary/aromatic N) is 1. The standard InChI is InChI=1S/C9H16N2O5/c1-9(2,10)3-6(12)11(4-7(13)14)5-8(15)16/h3-5,10H2,1-2H3,(H,13,14)(H,15,16). The molecule has 0 unspecified atom stereocenters. The molecular formula is C9H16N2O5. The van der Waals surface area contributed by atoms with Crippen LogP contribution >= 0.6 is 0 Å². The second-order valence-corrected chi connectivity index (χ2v) is 4.20. The number of hydrogen-bond acceptors (Lipinski definition) is 4. The Bertz CT molecular complexity index is 279. The van der Waals surface area contributed by atoms with Crippen molar-refractivity contribution in [2.75, 3.05) is 13.1 Å². The summed E-state index contributed by atoms with van der Waals surface area (Å²) in [7, 11) is 0. The van der Waals surface area contributed by atoms with Crippen LogP contribution in [0.5, 0.6) is 0 Å². The van der Waals surface area contributed by atoms with Gasteiger partial charge in [0, 0.05) is 12.0 Å². The number of carboxylic acid groups (broad SMARTS) is 2. The minimum Gasteiger partial charge on any atom is -0.480 e. The van der Waals surface area contributed by atoms with E-state index in [1.807, 2.05) is 0 Å². The maximum atomic E-state index is 11.5. The molecule has 0 aromatic heterocycles. The lowest BCUT2D eigenvalue weighted by molar-refractivity contribution is -0.149. The van der Waals surface area contributed by atoms with E-state index in [4.69, 9.17) is 15.9 Å². The minimum atomic E-state index is -1.26. The van der Waals surface area contributed by atoms with Gasteiger partial charge < -0.3 is 20.8 Å². The molecular weight excluding hydrogens is 216 g/mol. The van der Waals surface area contributed by atoms with E-state index in [9.17, 15) is 14.4 Å². The van der Waals surface area contributed by atoms with Crippen molar-refractivity contribution in [1.82, 2.24) is 4.90 Å². The van der Waals surface area contributed by atoms with Gasteiger partial charge in [-0.1, -0.05) is 0 Å². The molecule has 0 aromatic carbocycles. The van der Waals surface area contributed by atoms with Gasteiger partial charge in [-0.3, -0.25) is 14.4 Å². The summed E-state index contributed by atoms with van der Waals surface area (Å²) in [5, 5.41) is 17.1. The lowest BCUT2D eigenvalue weighted by Crippen LogP contribution is -2.44. The van der Waals surface area contributed by atoms with Gasteiger partial charge in [0.05, 0.1) is 0 Å². The number of aliphatic carboxylic acids is 2. The number of rotatable bonds is 6. The zero-order valence-electron chi connectivity index (χ0n) is 9.27. The van der Waals surface area contributed by atoms with Crippen LogP contribution in [0.1, 0.15) is 20.3 Å². The average molecular weight is 232 g/mol. The molecule has 0 atom stereocenters. The van der Waals surface area contributed by atoms with E-state index in [0.717, 1.165) is 4.90 Å². The van der Waals surface area contributed by atoms with Crippen LogP contribution < -0.4 is 5.73 Å². The second kappa shape index (κ2) is 5.45. The van der Waals surface area contributed by atoms with E-state index in [0.29, 0.717) is 0 Å². The molecule has 0 rings (SSSR count). The fourth-order valence-corrected chi connectivity index (χ4v) is 1.06. The van der Waals surface area contributed by atoms with Crippen LogP contribution in [0, 0.1) is 0 Å². The summed E-state index contributed by atoms with van der Waals surface area (Å²) in [6.07, 6.45) is -0.104. The topological polar surface area (TPSA) is 121 Å². The number of carboxylic acids is 2. The smallest absolute Gasteiger partial charge is 0.323 e. The Balaban J connectivity index is 4.56. The highest BCUT2D eigenvalue weighted by molar-refractivity contribution is 5.85. The minimum absolute atomic E-state index is 0.104. The Morgan fingerprint density at radius 1 is 1.12 bits per heavy atom. The zero-order valence-corrected chi connectivity index (χ0v) is 9.27. The fourth-order valence-electron chi connectivity index (χ4n) is 1.06. The van der Waals surface area contributed by atoms with Crippen LogP contribution in [0.4, 0.5) is 0 Å². The molecule has 92 valence electrons. The molecule has 4 N–H and O–H groups in total. The lowest BCUT2D eigenvalue weighted by atomic mass is 10.0. The van der Waals surface area contributed by atoms with E-state index in [1.54, 1.807) is 13.8 Å². The van der Waals surface area contributed by atoms with Crippen LogP contribution in [0.15, 0.2) is 0 Å². The SMILES string of the molecule is CC(C)(N)CC(=O)N(CC(=O)O)CC(=O)O. The fraction of sp³-hybridized carbons (Fsp3) is 0.667. The molecule has 0 saturated carbocycles. The molecule has 0 saturated heterocycles. The summed E-state index contributed by atoms with van der Waals surface area (Å²) in [6.45, 7) is 1.93. The molecule has 16 heavy (non-hydrogen) atoms. The Hall–Kier alpha value is -1.63. The second-order valence-electron chi connectivity index (χ2n) is 4.20. The van der Waals surface area contributed by atoms with Gasteiger partial charge >= 0.3 is 11.9 Å². The first kappa shape index (κ1) is 14.4. The first-order chi connectivity index (χ1) is 7.11. The van der Waals surface area contributed by atoms with Crippen LogP contribution in [-0.2, 0) is 14.4 Å². The maximum Gasteiger partial charge on any atom is 0.323 e. The Morgan fingerprint density at radius 2 is 1.50 bits per heavy atom. The number of nitrogens with two attached hydrogens (primary N) is 1. The molecule has 0 aliphatic heterocycles. The summed E-state index contributed by atoms with van der Waals surface area (Å²) in [5.41, 5.74) is 4.79. The summed E-state index contributed by atoms with van der Waals surface area (Å²) < 4.78 is 0. The van der Waals surface area contributed by atoms with Gasteiger partial charge in [0.15, 0.2) is 0 Å². The van der Waals surface area contributed by atoms with Crippen LogP contribution in [0.3, 0.4) is 0 Å². The van der Waals surface area contributed by atoms with Crippen molar-refractivity contribution in [1.29, 1.82) is 0 Å². The predicted octanol–water partition coefficient (Wildman–Crippen LogP) is -0.888. The van der Waals surface area contributed by atoms with Crippen molar-refractivity contribution in [3.8, 4) is 0 Å². The van der Waals surface area contributed by atoms with Gasteiger partial charge in [-0.15, -0.1) is 0 Å². The average Bonchev–Trinajstić information content (AvgIpc) is 1.97. The van der Waals surface area contributed by atoms with Crippen LogP contribution in [0.25, 0.3) is 0 Å². The van der Waals surface area contributed by atoms with E-state index < -0.39 is 36.5 Å². The molecule has 0 radical (unpaired) electrons. The normalized spacial score (nSPS) is 10.9. The van der Waals surface area contributed by atoms with E-state index >= 15 is 0 Å². The zero-order chi connectivity index (χ0) is 12.9. The summed E-state index contributed by atoms with van der Waals surface area (Å²) >= 11 is 0.